The molecule has 0 aromatic heterocycles. The van der Waals surface area contributed by atoms with Crippen LogP contribution in [-0.2, 0) is 8.85 Å². The van der Waals surface area contributed by atoms with Crippen LogP contribution in [0, 0.1) is 0 Å². The highest BCUT2D eigenvalue weighted by molar-refractivity contribution is 6.76. The largest absolute Gasteiger partial charge is 0.379 e. The summed E-state index contributed by atoms with van der Waals surface area (Å²) in [5.74, 6) is -2.55. The lowest BCUT2D eigenvalue weighted by atomic mass is 10.1. The molecule has 0 atom stereocenters. The zero-order valence-electron chi connectivity index (χ0n) is 18.4. The van der Waals surface area contributed by atoms with Crippen molar-refractivity contribution in [1.29, 1.82) is 0 Å². The Kier molecular flexibility index (Phi) is 5.32. The predicted molar refractivity (Wildman–Crippen MR) is 114 cm³/mol. The number of hydrogen-bond donors (Lipinski definition) is 0. The highest BCUT2D eigenvalue weighted by atomic mass is 28.4. The van der Waals surface area contributed by atoms with Crippen molar-refractivity contribution in [2.75, 3.05) is 0 Å². The number of hydrogen-bond acceptors (Lipinski definition) is 4. The third-order valence-electron chi connectivity index (χ3n) is 6.42. The second-order valence-corrected chi connectivity index (χ2v) is 20.0. The molecule has 0 N–H and O–H groups in total. The van der Waals surface area contributed by atoms with Gasteiger partial charge in [-0.05, 0) is 36.3 Å². The van der Waals surface area contributed by atoms with Gasteiger partial charge in [-0.2, -0.15) is 0 Å². The summed E-state index contributed by atoms with van der Waals surface area (Å²) in [5.41, 5.74) is 0.805. The minimum atomic E-state index is -2.47. The van der Waals surface area contributed by atoms with E-state index in [1.807, 2.05) is 26.2 Å². The SMILES string of the molecule is CC(C)(C)[Si](C)(C)OC1(O[Si](C)(C)C(C)(C)C)C(=O)c2ccccc2C1=O. The second-order valence-electron chi connectivity index (χ2n) is 10.5. The molecule has 0 heterocycles. The van der Waals surface area contributed by atoms with Crippen molar-refractivity contribution in [3.05, 3.63) is 35.4 Å². The quantitative estimate of drug-likeness (QED) is 0.360. The van der Waals surface area contributed by atoms with Gasteiger partial charge in [0.25, 0.3) is 5.79 Å². The van der Waals surface area contributed by atoms with E-state index in [1.54, 1.807) is 24.3 Å². The fraction of sp³-hybridized carbons (Fsp3) is 0.619. The third kappa shape index (κ3) is 3.64. The summed E-state index contributed by atoms with van der Waals surface area (Å²) < 4.78 is 13.1. The van der Waals surface area contributed by atoms with Crippen molar-refractivity contribution >= 4 is 28.2 Å². The Balaban J connectivity index is 2.65. The van der Waals surface area contributed by atoms with Crippen LogP contribution in [0.15, 0.2) is 24.3 Å². The lowest BCUT2D eigenvalue weighted by molar-refractivity contribution is -0.0666. The molecule has 0 saturated heterocycles. The van der Waals surface area contributed by atoms with Gasteiger partial charge in [0.15, 0.2) is 16.6 Å². The minimum Gasteiger partial charge on any atom is -0.379 e. The molecule has 0 saturated carbocycles. The van der Waals surface area contributed by atoms with Crippen LogP contribution in [0.1, 0.15) is 62.3 Å². The Hall–Kier alpha value is -1.09. The van der Waals surface area contributed by atoms with Crippen LogP contribution in [0.5, 0.6) is 0 Å². The van der Waals surface area contributed by atoms with Gasteiger partial charge in [-0.25, -0.2) is 0 Å². The second kappa shape index (κ2) is 6.47. The molecule has 0 amide bonds. The number of rotatable bonds is 4. The molecular weight excluding hydrogens is 372 g/mol. The van der Waals surface area contributed by atoms with Crippen molar-refractivity contribution in [2.45, 2.75) is 83.6 Å². The predicted octanol–water partition coefficient (Wildman–Crippen LogP) is 5.81. The average molecular weight is 407 g/mol. The smallest absolute Gasteiger partial charge is 0.281 e. The van der Waals surface area contributed by atoms with Crippen molar-refractivity contribution in [3.63, 3.8) is 0 Å². The van der Waals surface area contributed by atoms with Crippen molar-refractivity contribution in [2.24, 2.45) is 0 Å². The molecule has 0 radical (unpaired) electrons. The first-order valence-electron chi connectivity index (χ1n) is 9.55. The fourth-order valence-corrected chi connectivity index (χ4v) is 5.15. The molecule has 1 aliphatic rings. The first-order valence-corrected chi connectivity index (χ1v) is 15.4. The molecule has 4 nitrogen and oxygen atoms in total. The number of Topliss-reactive ketones (excluding diaryl/α,β-unsaturated/α-hetero) is 2. The first-order chi connectivity index (χ1) is 12.0. The van der Waals surface area contributed by atoms with E-state index in [-0.39, 0.29) is 21.6 Å². The van der Waals surface area contributed by atoms with Gasteiger partial charge in [0.2, 0.25) is 11.6 Å². The fourth-order valence-electron chi connectivity index (χ4n) is 2.57. The topological polar surface area (TPSA) is 52.6 Å². The zero-order valence-corrected chi connectivity index (χ0v) is 20.4. The Bertz CT molecular complexity index is 702. The average Bonchev–Trinajstić information content (AvgIpc) is 2.67. The molecule has 2 rings (SSSR count). The molecule has 0 aliphatic heterocycles. The first kappa shape index (κ1) is 22.2. The third-order valence-corrected chi connectivity index (χ3v) is 15.2. The summed E-state index contributed by atoms with van der Waals surface area (Å²) in [5, 5.41) is -0.321. The molecule has 1 aromatic carbocycles. The standard InChI is InChI=1S/C21H34O4Si2/c1-19(2,3)26(7,8)24-21(25-27(9,10)20(4,5)6)17(22)15-13-11-12-14-16(15)18(21)23/h11-14H,1-10H3. The minimum absolute atomic E-state index is 0.161. The molecule has 0 unspecified atom stereocenters. The Morgan fingerprint density at radius 3 is 1.26 bits per heavy atom. The van der Waals surface area contributed by atoms with Gasteiger partial charge < -0.3 is 8.85 Å². The monoisotopic (exact) mass is 406 g/mol. The number of carbonyl (C=O) groups is 2. The molecular formula is C21H34O4Si2. The number of fused-ring (bicyclic) bond motifs is 1. The van der Waals surface area contributed by atoms with Crippen molar-refractivity contribution in [3.8, 4) is 0 Å². The summed E-state index contributed by atoms with van der Waals surface area (Å²) in [6.45, 7) is 20.8. The van der Waals surface area contributed by atoms with Crippen LogP contribution in [0.25, 0.3) is 0 Å². The maximum atomic E-state index is 13.5. The summed E-state index contributed by atoms with van der Waals surface area (Å²) in [7, 11) is -4.94. The van der Waals surface area contributed by atoms with E-state index in [0.717, 1.165) is 0 Å². The van der Waals surface area contributed by atoms with E-state index in [4.69, 9.17) is 8.85 Å². The van der Waals surface area contributed by atoms with Gasteiger partial charge in [-0.3, -0.25) is 9.59 Å². The van der Waals surface area contributed by atoms with Crippen LogP contribution in [-0.4, -0.2) is 34.0 Å². The van der Waals surface area contributed by atoms with Crippen LogP contribution >= 0.6 is 0 Å². The Labute approximate surface area is 165 Å². The Morgan fingerprint density at radius 2 is 1.00 bits per heavy atom. The summed E-state index contributed by atoms with van der Waals surface area (Å²) >= 11 is 0. The van der Waals surface area contributed by atoms with E-state index in [1.165, 1.54) is 0 Å². The summed E-state index contributed by atoms with van der Waals surface area (Å²) in [4.78, 5) is 27.0. The maximum absolute atomic E-state index is 13.5. The van der Waals surface area contributed by atoms with E-state index in [0.29, 0.717) is 11.1 Å². The molecule has 1 aliphatic carbocycles. The molecule has 0 bridgehead atoms. The molecule has 0 fully saturated rings. The summed E-state index contributed by atoms with van der Waals surface area (Å²) in [6, 6.07) is 6.94. The highest BCUT2D eigenvalue weighted by Crippen LogP contribution is 2.47. The van der Waals surface area contributed by atoms with E-state index in [9.17, 15) is 9.59 Å². The van der Waals surface area contributed by atoms with Gasteiger partial charge >= 0.3 is 0 Å². The number of benzene rings is 1. The van der Waals surface area contributed by atoms with Gasteiger partial charge in [0.1, 0.15) is 0 Å². The lowest BCUT2D eigenvalue weighted by Gasteiger charge is -2.47. The summed E-state index contributed by atoms with van der Waals surface area (Å²) in [6.07, 6.45) is 0. The van der Waals surface area contributed by atoms with E-state index in [2.05, 4.69) is 41.5 Å². The molecule has 1 aromatic rings. The van der Waals surface area contributed by atoms with Crippen molar-refractivity contribution < 1.29 is 18.4 Å². The van der Waals surface area contributed by atoms with Crippen LogP contribution in [0.4, 0.5) is 0 Å². The maximum Gasteiger partial charge on any atom is 0.281 e. The van der Waals surface area contributed by atoms with Crippen LogP contribution in [0.3, 0.4) is 0 Å². The zero-order chi connectivity index (χ0) is 21.1. The van der Waals surface area contributed by atoms with E-state index >= 15 is 0 Å². The molecule has 6 heteroatoms. The molecule has 150 valence electrons. The normalized spacial score (nSPS) is 18.0. The van der Waals surface area contributed by atoms with Gasteiger partial charge in [-0.1, -0.05) is 65.8 Å². The number of carbonyl (C=O) groups excluding carboxylic acids is 2. The van der Waals surface area contributed by atoms with E-state index < -0.39 is 22.4 Å². The lowest BCUT2D eigenvalue weighted by Crippen LogP contribution is -2.61. The number of ketones is 2. The molecule has 27 heavy (non-hydrogen) atoms. The van der Waals surface area contributed by atoms with Crippen molar-refractivity contribution in [1.82, 2.24) is 0 Å². The van der Waals surface area contributed by atoms with Crippen LogP contribution in [0.2, 0.25) is 36.3 Å². The highest BCUT2D eigenvalue weighted by Gasteiger charge is 2.62. The molecule has 0 spiro atoms. The van der Waals surface area contributed by atoms with Gasteiger partial charge in [0, 0.05) is 11.1 Å². The van der Waals surface area contributed by atoms with Gasteiger partial charge in [0.05, 0.1) is 0 Å². The van der Waals surface area contributed by atoms with Crippen LogP contribution < -0.4 is 0 Å². The Morgan fingerprint density at radius 1 is 0.704 bits per heavy atom. The van der Waals surface area contributed by atoms with Gasteiger partial charge in [-0.15, -0.1) is 0 Å².